The van der Waals surface area contributed by atoms with Crippen LogP contribution in [0.4, 0.5) is 0 Å². The highest BCUT2D eigenvalue weighted by molar-refractivity contribution is 6.02. The van der Waals surface area contributed by atoms with E-state index in [-0.39, 0.29) is 12.2 Å². The molecule has 0 fully saturated rings. The van der Waals surface area contributed by atoms with Crippen molar-refractivity contribution in [2.75, 3.05) is 7.11 Å². The molecule has 1 aromatic carbocycles. The molecule has 1 aromatic rings. The molecule has 1 N–H and O–H groups in total. The number of hydrogen-bond acceptors (Lipinski definition) is 3. The second-order valence-electron chi connectivity index (χ2n) is 4.47. The number of aliphatic carboxylic acids is 1. The first kappa shape index (κ1) is 11.6. The van der Waals surface area contributed by atoms with Gasteiger partial charge in [0, 0.05) is 12.0 Å². The van der Waals surface area contributed by atoms with Crippen molar-refractivity contribution >= 4 is 11.8 Å². The van der Waals surface area contributed by atoms with Gasteiger partial charge in [-0.25, -0.2) is 0 Å². The van der Waals surface area contributed by atoms with Gasteiger partial charge in [0.2, 0.25) is 0 Å². The largest absolute Gasteiger partial charge is 0.497 e. The Labute approximate surface area is 99.2 Å². The van der Waals surface area contributed by atoms with Crippen LogP contribution >= 0.6 is 0 Å². The fourth-order valence-electron chi connectivity index (χ4n) is 2.21. The molecule has 0 aliphatic heterocycles. The third kappa shape index (κ3) is 1.69. The van der Waals surface area contributed by atoms with Crippen LogP contribution < -0.4 is 4.74 Å². The molecule has 1 aliphatic carbocycles. The van der Waals surface area contributed by atoms with Crippen LogP contribution in [0.25, 0.3) is 0 Å². The van der Waals surface area contributed by atoms with Crippen LogP contribution in [0.1, 0.15) is 35.7 Å². The Morgan fingerprint density at radius 2 is 2.18 bits per heavy atom. The van der Waals surface area contributed by atoms with Crippen molar-refractivity contribution in [2.45, 2.75) is 25.2 Å². The predicted molar refractivity (Wildman–Crippen MR) is 61.5 cm³/mol. The lowest BCUT2D eigenvalue weighted by Crippen LogP contribution is -2.37. The lowest BCUT2D eigenvalue weighted by atomic mass is 9.71. The number of carboxylic acid groups (broad SMARTS) is 1. The summed E-state index contributed by atoms with van der Waals surface area (Å²) < 4.78 is 5.08. The van der Waals surface area contributed by atoms with Crippen molar-refractivity contribution in [1.82, 2.24) is 0 Å². The number of benzene rings is 1. The SMILES string of the molecule is COc1ccc2c(c1)[C@](C)(C(=O)O)CCC2=O. The number of rotatable bonds is 2. The maximum absolute atomic E-state index is 11.8. The molecular formula is C13H14O4. The van der Waals surface area contributed by atoms with Crippen molar-refractivity contribution in [3.63, 3.8) is 0 Å². The zero-order valence-corrected chi connectivity index (χ0v) is 9.82. The number of fused-ring (bicyclic) bond motifs is 1. The summed E-state index contributed by atoms with van der Waals surface area (Å²) >= 11 is 0. The summed E-state index contributed by atoms with van der Waals surface area (Å²) in [5, 5.41) is 9.34. The van der Waals surface area contributed by atoms with E-state index in [4.69, 9.17) is 4.74 Å². The van der Waals surface area contributed by atoms with Gasteiger partial charge in [0.15, 0.2) is 5.78 Å². The first-order valence-corrected chi connectivity index (χ1v) is 5.44. The smallest absolute Gasteiger partial charge is 0.313 e. The normalized spacial score (nSPS) is 23.1. The number of carbonyl (C=O) groups is 2. The van der Waals surface area contributed by atoms with Crippen LogP contribution in [0, 0.1) is 0 Å². The van der Waals surface area contributed by atoms with Crippen LogP contribution in [0.15, 0.2) is 18.2 Å². The molecule has 0 saturated heterocycles. The maximum atomic E-state index is 11.8. The van der Waals surface area contributed by atoms with Crippen LogP contribution in [-0.4, -0.2) is 24.0 Å². The number of carboxylic acids is 1. The molecule has 17 heavy (non-hydrogen) atoms. The molecule has 1 aliphatic rings. The average Bonchev–Trinajstić information content (AvgIpc) is 2.33. The Morgan fingerprint density at radius 1 is 1.47 bits per heavy atom. The van der Waals surface area contributed by atoms with E-state index in [1.54, 1.807) is 25.1 Å². The molecule has 0 radical (unpaired) electrons. The molecule has 2 rings (SSSR count). The lowest BCUT2D eigenvalue weighted by molar-refractivity contribution is -0.143. The van der Waals surface area contributed by atoms with Gasteiger partial charge in [-0.2, -0.15) is 0 Å². The average molecular weight is 234 g/mol. The summed E-state index contributed by atoms with van der Waals surface area (Å²) in [5.74, 6) is -0.327. The van der Waals surface area contributed by atoms with Gasteiger partial charge in [-0.15, -0.1) is 0 Å². The van der Waals surface area contributed by atoms with E-state index in [0.29, 0.717) is 23.3 Å². The van der Waals surface area contributed by atoms with Gasteiger partial charge < -0.3 is 9.84 Å². The fourth-order valence-corrected chi connectivity index (χ4v) is 2.21. The summed E-state index contributed by atoms with van der Waals surface area (Å²) in [6.45, 7) is 1.65. The zero-order valence-electron chi connectivity index (χ0n) is 9.82. The third-order valence-electron chi connectivity index (χ3n) is 3.45. The minimum absolute atomic E-state index is 0.00128. The predicted octanol–water partition coefficient (Wildman–Crippen LogP) is 2.01. The summed E-state index contributed by atoms with van der Waals surface area (Å²) in [7, 11) is 1.52. The Bertz CT molecular complexity index is 492. The van der Waals surface area contributed by atoms with Gasteiger partial charge >= 0.3 is 5.97 Å². The highest BCUT2D eigenvalue weighted by Crippen LogP contribution is 2.39. The van der Waals surface area contributed by atoms with Gasteiger partial charge in [0.1, 0.15) is 5.75 Å². The summed E-state index contributed by atoms with van der Waals surface area (Å²) in [6.07, 6.45) is 0.615. The minimum atomic E-state index is -1.00. The molecule has 0 spiro atoms. The van der Waals surface area contributed by atoms with Crippen LogP contribution in [0.5, 0.6) is 5.75 Å². The fraction of sp³-hybridized carbons (Fsp3) is 0.385. The van der Waals surface area contributed by atoms with Crippen molar-refractivity contribution in [3.05, 3.63) is 29.3 Å². The Kier molecular flexibility index (Phi) is 2.65. The molecule has 0 amide bonds. The number of hydrogen-bond donors (Lipinski definition) is 1. The molecule has 0 bridgehead atoms. The quantitative estimate of drug-likeness (QED) is 0.850. The van der Waals surface area contributed by atoms with Crippen molar-refractivity contribution in [2.24, 2.45) is 0 Å². The number of carbonyl (C=O) groups excluding carboxylic acids is 1. The second-order valence-corrected chi connectivity index (χ2v) is 4.47. The van der Waals surface area contributed by atoms with E-state index >= 15 is 0 Å². The van der Waals surface area contributed by atoms with E-state index < -0.39 is 11.4 Å². The van der Waals surface area contributed by atoms with Crippen LogP contribution in [0.3, 0.4) is 0 Å². The summed E-state index contributed by atoms with van der Waals surface area (Å²) in [6, 6.07) is 4.99. The highest BCUT2D eigenvalue weighted by Gasteiger charge is 2.41. The number of ether oxygens (including phenoxy) is 1. The molecule has 0 heterocycles. The van der Waals surface area contributed by atoms with Crippen LogP contribution in [-0.2, 0) is 10.2 Å². The molecule has 0 saturated carbocycles. The molecule has 4 heteroatoms. The van der Waals surface area contributed by atoms with E-state index in [1.165, 1.54) is 7.11 Å². The standard InChI is InChI=1S/C13H14O4/c1-13(12(15)16)6-5-11(14)9-4-3-8(17-2)7-10(9)13/h3-4,7H,5-6H2,1-2H3,(H,15,16)/t13-/m1/s1. The zero-order chi connectivity index (χ0) is 12.6. The van der Waals surface area contributed by atoms with Crippen molar-refractivity contribution < 1.29 is 19.4 Å². The Morgan fingerprint density at radius 3 is 2.76 bits per heavy atom. The molecule has 90 valence electrons. The van der Waals surface area contributed by atoms with Gasteiger partial charge in [-0.1, -0.05) is 0 Å². The van der Waals surface area contributed by atoms with E-state index in [1.807, 2.05) is 0 Å². The first-order chi connectivity index (χ1) is 7.99. The van der Waals surface area contributed by atoms with E-state index in [2.05, 4.69) is 0 Å². The first-order valence-electron chi connectivity index (χ1n) is 5.44. The van der Waals surface area contributed by atoms with Gasteiger partial charge in [0.05, 0.1) is 12.5 Å². The third-order valence-corrected chi connectivity index (χ3v) is 3.45. The van der Waals surface area contributed by atoms with Crippen molar-refractivity contribution in [1.29, 1.82) is 0 Å². The highest BCUT2D eigenvalue weighted by atomic mass is 16.5. The summed E-state index contributed by atoms with van der Waals surface area (Å²) in [5.41, 5.74) is 0.0557. The number of Topliss-reactive ketones (excluding diaryl/α,β-unsaturated/α-hetero) is 1. The monoisotopic (exact) mass is 234 g/mol. The molecule has 0 unspecified atom stereocenters. The topological polar surface area (TPSA) is 63.6 Å². The molecule has 0 aromatic heterocycles. The minimum Gasteiger partial charge on any atom is -0.497 e. The lowest BCUT2D eigenvalue weighted by Gasteiger charge is -2.31. The van der Waals surface area contributed by atoms with E-state index in [0.717, 1.165) is 0 Å². The van der Waals surface area contributed by atoms with Gasteiger partial charge in [0.25, 0.3) is 0 Å². The van der Waals surface area contributed by atoms with Crippen molar-refractivity contribution in [3.8, 4) is 5.75 Å². The maximum Gasteiger partial charge on any atom is 0.313 e. The van der Waals surface area contributed by atoms with Crippen LogP contribution in [0.2, 0.25) is 0 Å². The number of methoxy groups -OCH3 is 1. The molecule has 1 atom stereocenters. The Balaban J connectivity index is 2.64. The Hall–Kier alpha value is -1.84. The molecular weight excluding hydrogens is 220 g/mol. The molecule has 4 nitrogen and oxygen atoms in total. The second kappa shape index (κ2) is 3.87. The van der Waals surface area contributed by atoms with Gasteiger partial charge in [-0.3, -0.25) is 9.59 Å². The number of ketones is 1. The van der Waals surface area contributed by atoms with Gasteiger partial charge in [-0.05, 0) is 37.1 Å². The summed E-state index contributed by atoms with van der Waals surface area (Å²) in [4.78, 5) is 23.2. The van der Waals surface area contributed by atoms with E-state index in [9.17, 15) is 14.7 Å².